The molecule has 0 fully saturated rings. The van der Waals surface area contributed by atoms with Crippen molar-refractivity contribution in [3.8, 4) is 0 Å². The molecule has 0 aromatic heterocycles. The highest BCUT2D eigenvalue weighted by atomic mass is 79.9. The number of rotatable bonds is 9. The van der Waals surface area contributed by atoms with Gasteiger partial charge in [0.1, 0.15) is 0 Å². The van der Waals surface area contributed by atoms with Gasteiger partial charge in [-0.15, -0.1) is 0 Å². The number of halogens is 2. The van der Waals surface area contributed by atoms with Gasteiger partial charge in [-0.2, -0.15) is 4.31 Å². The summed E-state index contributed by atoms with van der Waals surface area (Å²) in [5.74, 6) is -0.372. The molecule has 0 unspecified atom stereocenters. The minimum Gasteiger partial charge on any atom is -0.348 e. The molecule has 0 saturated heterocycles. The van der Waals surface area contributed by atoms with Crippen LogP contribution >= 0.6 is 27.5 Å². The fourth-order valence-electron chi connectivity index (χ4n) is 3.24. The first-order valence-corrected chi connectivity index (χ1v) is 12.7. The Kier molecular flexibility index (Phi) is 8.48. The summed E-state index contributed by atoms with van der Waals surface area (Å²) in [4.78, 5) is 12.9. The summed E-state index contributed by atoms with van der Waals surface area (Å²) in [6.07, 6.45) is 0.488. The number of carbonyl (C=O) groups excluding carboxylic acids is 1. The molecule has 32 heavy (non-hydrogen) atoms. The fourth-order valence-corrected chi connectivity index (χ4v) is 5.18. The third-order valence-corrected chi connectivity index (χ3v) is 7.59. The second-order valence-corrected chi connectivity index (χ2v) is 10.7. The van der Waals surface area contributed by atoms with E-state index in [1.165, 1.54) is 28.6 Å². The van der Waals surface area contributed by atoms with Gasteiger partial charge >= 0.3 is 0 Å². The molecule has 0 bridgehead atoms. The van der Waals surface area contributed by atoms with Crippen LogP contribution in [0.25, 0.3) is 0 Å². The van der Waals surface area contributed by atoms with Crippen LogP contribution in [-0.4, -0.2) is 31.7 Å². The molecule has 168 valence electrons. The Morgan fingerprint density at radius 1 is 1.03 bits per heavy atom. The van der Waals surface area contributed by atoms with Gasteiger partial charge in [-0.3, -0.25) is 4.79 Å². The molecule has 0 aliphatic carbocycles. The lowest BCUT2D eigenvalue weighted by Gasteiger charge is -2.23. The average Bonchev–Trinajstić information content (AvgIpc) is 2.77. The Morgan fingerprint density at radius 2 is 1.72 bits per heavy atom. The summed E-state index contributed by atoms with van der Waals surface area (Å²) in [5.41, 5.74) is 1.91. The van der Waals surface area contributed by atoms with Crippen molar-refractivity contribution in [3.05, 3.63) is 99.5 Å². The van der Waals surface area contributed by atoms with Gasteiger partial charge < -0.3 is 5.32 Å². The van der Waals surface area contributed by atoms with Crippen LogP contribution in [0.2, 0.25) is 5.02 Å². The standard InChI is InChI=1S/C24H24BrClN2O3S/c1-18(20-8-5-9-21(25)16-20)27-24(29)17-28(15-14-19-6-3-2-4-7-19)32(30,31)23-12-10-22(26)11-13-23/h2-13,16,18H,14-15,17H2,1H3,(H,27,29)/t18-/m1/s1. The number of benzene rings is 3. The maximum atomic E-state index is 13.3. The SMILES string of the molecule is C[C@@H](NC(=O)CN(CCc1ccccc1)S(=O)(=O)c1ccc(Cl)cc1)c1cccc(Br)c1. The van der Waals surface area contributed by atoms with Crippen LogP contribution in [0.4, 0.5) is 0 Å². The Hall–Kier alpha value is -2.19. The summed E-state index contributed by atoms with van der Waals surface area (Å²) >= 11 is 9.34. The van der Waals surface area contributed by atoms with E-state index in [-0.39, 0.29) is 29.9 Å². The van der Waals surface area contributed by atoms with Crippen LogP contribution in [0.5, 0.6) is 0 Å². The molecule has 8 heteroatoms. The molecule has 1 amide bonds. The van der Waals surface area contributed by atoms with Crippen LogP contribution in [0.15, 0.2) is 88.2 Å². The Bertz CT molecular complexity index is 1160. The van der Waals surface area contributed by atoms with E-state index in [4.69, 9.17) is 11.6 Å². The van der Waals surface area contributed by atoms with E-state index in [0.717, 1.165) is 15.6 Å². The summed E-state index contributed by atoms with van der Waals surface area (Å²) in [6.45, 7) is 1.76. The van der Waals surface area contributed by atoms with Gasteiger partial charge in [0, 0.05) is 16.0 Å². The predicted octanol–water partition coefficient (Wildman–Crippen LogP) is 5.21. The minimum absolute atomic E-state index is 0.0998. The maximum absolute atomic E-state index is 13.3. The molecule has 5 nitrogen and oxygen atoms in total. The molecule has 3 aromatic rings. The second-order valence-electron chi connectivity index (χ2n) is 7.37. The van der Waals surface area contributed by atoms with E-state index in [9.17, 15) is 13.2 Å². The zero-order valence-electron chi connectivity index (χ0n) is 17.5. The third-order valence-electron chi connectivity index (χ3n) is 4.99. The van der Waals surface area contributed by atoms with Crippen molar-refractivity contribution in [1.29, 1.82) is 0 Å². The van der Waals surface area contributed by atoms with Crippen LogP contribution in [0.1, 0.15) is 24.1 Å². The van der Waals surface area contributed by atoms with E-state index < -0.39 is 10.0 Å². The van der Waals surface area contributed by atoms with Gasteiger partial charge in [0.25, 0.3) is 0 Å². The monoisotopic (exact) mass is 534 g/mol. The highest BCUT2D eigenvalue weighted by Gasteiger charge is 2.27. The Balaban J connectivity index is 1.78. The Morgan fingerprint density at radius 3 is 2.38 bits per heavy atom. The number of amides is 1. The lowest BCUT2D eigenvalue weighted by Crippen LogP contribution is -2.42. The number of carbonyl (C=O) groups is 1. The molecule has 0 aliphatic heterocycles. The van der Waals surface area contributed by atoms with Gasteiger partial charge in [-0.25, -0.2) is 8.42 Å². The number of nitrogens with zero attached hydrogens (tertiary/aromatic N) is 1. The zero-order valence-corrected chi connectivity index (χ0v) is 20.7. The first-order valence-electron chi connectivity index (χ1n) is 10.1. The van der Waals surface area contributed by atoms with Gasteiger partial charge in [0.05, 0.1) is 17.5 Å². The predicted molar refractivity (Wildman–Crippen MR) is 131 cm³/mol. The molecular formula is C24H24BrClN2O3S. The molecule has 3 rings (SSSR count). The smallest absolute Gasteiger partial charge is 0.243 e. The summed E-state index contributed by atoms with van der Waals surface area (Å²) in [7, 11) is -3.88. The fraction of sp³-hybridized carbons (Fsp3) is 0.208. The first-order chi connectivity index (χ1) is 15.3. The van der Waals surface area contributed by atoms with Crippen LogP contribution < -0.4 is 5.32 Å². The third kappa shape index (κ3) is 6.65. The van der Waals surface area contributed by atoms with Crippen molar-refractivity contribution in [3.63, 3.8) is 0 Å². The van der Waals surface area contributed by atoms with Gasteiger partial charge in [0.2, 0.25) is 15.9 Å². The highest BCUT2D eigenvalue weighted by Crippen LogP contribution is 2.20. The topological polar surface area (TPSA) is 66.5 Å². The molecular weight excluding hydrogens is 512 g/mol. The van der Waals surface area contributed by atoms with E-state index >= 15 is 0 Å². The van der Waals surface area contributed by atoms with E-state index in [1.54, 1.807) is 0 Å². The first kappa shape index (κ1) is 24.5. The molecule has 0 heterocycles. The molecule has 0 radical (unpaired) electrons. The molecule has 3 aromatic carbocycles. The largest absolute Gasteiger partial charge is 0.348 e. The molecule has 1 atom stereocenters. The van der Waals surface area contributed by atoms with Crippen molar-refractivity contribution >= 4 is 43.5 Å². The summed E-state index contributed by atoms with van der Waals surface area (Å²) in [6, 6.07) is 22.9. The molecule has 0 saturated carbocycles. The summed E-state index contributed by atoms with van der Waals surface area (Å²) < 4.78 is 28.7. The highest BCUT2D eigenvalue weighted by molar-refractivity contribution is 9.10. The number of hydrogen-bond acceptors (Lipinski definition) is 3. The molecule has 1 N–H and O–H groups in total. The van der Waals surface area contributed by atoms with Gasteiger partial charge in [0.15, 0.2) is 0 Å². The summed E-state index contributed by atoms with van der Waals surface area (Å²) in [5, 5.41) is 3.34. The van der Waals surface area contributed by atoms with Crippen molar-refractivity contribution in [2.45, 2.75) is 24.3 Å². The van der Waals surface area contributed by atoms with Crippen molar-refractivity contribution in [2.75, 3.05) is 13.1 Å². The number of hydrogen-bond donors (Lipinski definition) is 1. The normalized spacial score (nSPS) is 12.5. The molecule has 0 aliphatic rings. The number of sulfonamides is 1. The second kappa shape index (κ2) is 11.1. The maximum Gasteiger partial charge on any atom is 0.243 e. The molecule has 0 spiro atoms. The van der Waals surface area contributed by atoms with Gasteiger partial charge in [-0.05, 0) is 60.9 Å². The Labute approximate surface area is 202 Å². The zero-order chi connectivity index (χ0) is 23.1. The van der Waals surface area contributed by atoms with Gasteiger partial charge in [-0.1, -0.05) is 70.0 Å². The van der Waals surface area contributed by atoms with Crippen molar-refractivity contribution < 1.29 is 13.2 Å². The lowest BCUT2D eigenvalue weighted by atomic mass is 10.1. The van der Waals surface area contributed by atoms with Crippen LogP contribution in [-0.2, 0) is 21.2 Å². The minimum atomic E-state index is -3.88. The van der Waals surface area contributed by atoms with E-state index in [1.807, 2.05) is 61.5 Å². The van der Waals surface area contributed by atoms with E-state index in [0.29, 0.717) is 11.4 Å². The van der Waals surface area contributed by atoms with Crippen LogP contribution in [0, 0.1) is 0 Å². The van der Waals surface area contributed by atoms with Crippen molar-refractivity contribution in [1.82, 2.24) is 9.62 Å². The van der Waals surface area contributed by atoms with Crippen LogP contribution in [0.3, 0.4) is 0 Å². The lowest BCUT2D eigenvalue weighted by molar-refractivity contribution is -0.121. The average molecular weight is 536 g/mol. The van der Waals surface area contributed by atoms with Crippen molar-refractivity contribution in [2.24, 2.45) is 0 Å². The quantitative estimate of drug-likeness (QED) is 0.409. The van der Waals surface area contributed by atoms with E-state index in [2.05, 4.69) is 21.2 Å². The number of nitrogens with one attached hydrogen (secondary N) is 1.